The van der Waals surface area contributed by atoms with Crippen LogP contribution in [0.3, 0.4) is 0 Å². The molecule has 0 bridgehead atoms. The van der Waals surface area contributed by atoms with Gasteiger partial charge in [0.25, 0.3) is 0 Å². The van der Waals surface area contributed by atoms with Crippen molar-refractivity contribution in [1.29, 1.82) is 0 Å². The minimum absolute atomic E-state index is 0.575. The number of sulfonamides is 1. The molecule has 26 heavy (non-hydrogen) atoms. The van der Waals surface area contributed by atoms with E-state index in [0.29, 0.717) is 5.56 Å². The van der Waals surface area contributed by atoms with Crippen molar-refractivity contribution in [2.45, 2.75) is 17.3 Å². The molecular weight excluding hydrogens is 407 g/mol. The van der Waals surface area contributed by atoms with E-state index in [1.807, 2.05) is 0 Å². The minimum atomic E-state index is -4.99. The predicted octanol–water partition coefficient (Wildman–Crippen LogP) is 4.78. The lowest BCUT2D eigenvalue weighted by Crippen LogP contribution is -2.29. The van der Waals surface area contributed by atoms with Crippen molar-refractivity contribution in [3.05, 3.63) is 69.0 Å². The van der Waals surface area contributed by atoms with E-state index >= 15 is 0 Å². The molecular formula is C16H12F3NO3S3. The second-order valence-corrected chi connectivity index (χ2v) is 8.56. The smallest absolute Gasteiger partial charge is 0.404 e. The highest BCUT2D eigenvalue weighted by Gasteiger charge is 2.34. The minimum Gasteiger partial charge on any atom is -0.404 e. The Hall–Kier alpha value is -1.88. The van der Waals surface area contributed by atoms with Gasteiger partial charge in [0, 0.05) is 4.88 Å². The third kappa shape index (κ3) is 4.44. The number of hydrogen-bond donors (Lipinski definition) is 1. The van der Waals surface area contributed by atoms with Gasteiger partial charge < -0.3 is 4.74 Å². The molecule has 0 fully saturated rings. The topological polar surface area (TPSA) is 55.4 Å². The van der Waals surface area contributed by atoms with Crippen LogP contribution in [0.2, 0.25) is 0 Å². The van der Waals surface area contributed by atoms with Crippen LogP contribution >= 0.6 is 22.7 Å². The fraction of sp³-hybridized carbons (Fsp3) is 0.125. The molecule has 2 aromatic heterocycles. The standard InChI is InChI=1S/C16H12F3NO3S3/c17-16(18,19)23-12-4-1-2-6-14(12)26(21,22)20-15(11-7-9-24-10-11)13-5-3-8-25-13/h1-10,15,20H/t15-/m1/s1. The molecule has 0 aliphatic heterocycles. The molecule has 4 nitrogen and oxygen atoms in total. The summed E-state index contributed by atoms with van der Waals surface area (Å²) in [6.45, 7) is 0. The van der Waals surface area contributed by atoms with Crippen molar-refractivity contribution in [3.8, 4) is 5.75 Å². The average Bonchev–Trinajstić information content (AvgIpc) is 3.25. The van der Waals surface area contributed by atoms with Crippen LogP contribution in [0.1, 0.15) is 16.5 Å². The summed E-state index contributed by atoms with van der Waals surface area (Å²) >= 11 is 2.74. The van der Waals surface area contributed by atoms with Crippen LogP contribution in [0.4, 0.5) is 13.2 Å². The lowest BCUT2D eigenvalue weighted by molar-refractivity contribution is -0.275. The molecule has 0 radical (unpaired) electrons. The molecule has 0 aliphatic carbocycles. The normalized spacial score (nSPS) is 13.5. The summed E-state index contributed by atoms with van der Waals surface area (Å²) in [5, 5.41) is 5.37. The fourth-order valence-electron chi connectivity index (χ4n) is 2.28. The Morgan fingerprint density at radius 3 is 2.42 bits per heavy atom. The first-order chi connectivity index (χ1) is 12.3. The summed E-state index contributed by atoms with van der Waals surface area (Å²) in [5.74, 6) is -0.775. The molecule has 0 spiro atoms. The summed E-state index contributed by atoms with van der Waals surface area (Å²) < 4.78 is 69.7. The molecule has 10 heteroatoms. The maximum Gasteiger partial charge on any atom is 0.573 e. The highest BCUT2D eigenvalue weighted by Crippen LogP contribution is 2.33. The quantitative estimate of drug-likeness (QED) is 0.626. The van der Waals surface area contributed by atoms with E-state index in [4.69, 9.17) is 0 Å². The van der Waals surface area contributed by atoms with Gasteiger partial charge in [-0.15, -0.1) is 24.5 Å². The van der Waals surface area contributed by atoms with Crippen molar-refractivity contribution in [3.63, 3.8) is 0 Å². The summed E-state index contributed by atoms with van der Waals surface area (Å²) in [7, 11) is -4.28. The Labute approximate surface area is 155 Å². The molecule has 1 aromatic carbocycles. The second-order valence-electron chi connectivity index (χ2n) is 5.12. The van der Waals surface area contributed by atoms with E-state index in [0.717, 1.165) is 17.0 Å². The van der Waals surface area contributed by atoms with E-state index < -0.39 is 33.1 Å². The van der Waals surface area contributed by atoms with Gasteiger partial charge in [0.1, 0.15) is 10.6 Å². The summed E-state index contributed by atoms with van der Waals surface area (Å²) in [4.78, 5) is 0.148. The number of para-hydroxylation sites is 1. The zero-order valence-corrected chi connectivity index (χ0v) is 15.4. The van der Waals surface area contributed by atoms with Crippen LogP contribution in [0, 0.1) is 0 Å². The fourth-order valence-corrected chi connectivity index (χ4v) is 5.18. The lowest BCUT2D eigenvalue weighted by Gasteiger charge is -2.19. The number of alkyl halides is 3. The number of rotatable bonds is 6. The summed E-state index contributed by atoms with van der Waals surface area (Å²) in [6.07, 6.45) is -4.99. The number of hydrogen-bond acceptors (Lipinski definition) is 5. The summed E-state index contributed by atoms with van der Waals surface area (Å²) in [5.41, 5.74) is 0.704. The molecule has 0 saturated carbocycles. The highest BCUT2D eigenvalue weighted by atomic mass is 32.2. The Morgan fingerprint density at radius 1 is 1.04 bits per heavy atom. The Morgan fingerprint density at radius 2 is 1.81 bits per heavy atom. The largest absolute Gasteiger partial charge is 0.573 e. The molecule has 138 valence electrons. The first kappa shape index (κ1) is 18.9. The van der Waals surface area contributed by atoms with Crippen molar-refractivity contribution >= 4 is 32.7 Å². The third-order valence-corrected chi connectivity index (χ3v) is 6.44. The Kier molecular flexibility index (Phi) is 5.37. The van der Waals surface area contributed by atoms with Crippen molar-refractivity contribution in [2.24, 2.45) is 0 Å². The average molecular weight is 419 g/mol. The number of thiophene rings is 2. The SMILES string of the molecule is O=S(=O)(N[C@H](c1ccsc1)c1cccs1)c1ccccc1OC(F)(F)F. The molecule has 3 rings (SSSR count). The zero-order chi connectivity index (χ0) is 18.8. The molecule has 0 aliphatic rings. The molecule has 1 N–H and O–H groups in total. The van der Waals surface area contributed by atoms with Crippen LogP contribution in [0.5, 0.6) is 5.75 Å². The van der Waals surface area contributed by atoms with E-state index in [9.17, 15) is 21.6 Å². The number of benzene rings is 1. The zero-order valence-electron chi connectivity index (χ0n) is 12.9. The van der Waals surface area contributed by atoms with Gasteiger partial charge in [-0.1, -0.05) is 18.2 Å². The van der Waals surface area contributed by atoms with Crippen LogP contribution in [0.15, 0.2) is 63.5 Å². The molecule has 1 atom stereocenters. The van der Waals surface area contributed by atoms with Gasteiger partial charge in [-0.2, -0.15) is 16.1 Å². The second kappa shape index (κ2) is 7.39. The molecule has 0 saturated heterocycles. The molecule has 2 heterocycles. The van der Waals surface area contributed by atoms with Crippen molar-refractivity contribution < 1.29 is 26.3 Å². The first-order valence-electron chi connectivity index (χ1n) is 7.19. The monoisotopic (exact) mass is 419 g/mol. The van der Waals surface area contributed by atoms with Crippen molar-refractivity contribution in [1.82, 2.24) is 4.72 Å². The van der Waals surface area contributed by atoms with Gasteiger partial charge in [-0.3, -0.25) is 0 Å². The van der Waals surface area contributed by atoms with E-state index in [2.05, 4.69) is 9.46 Å². The predicted molar refractivity (Wildman–Crippen MR) is 93.9 cm³/mol. The van der Waals surface area contributed by atoms with Gasteiger partial charge in [-0.25, -0.2) is 8.42 Å². The Balaban J connectivity index is 1.98. The molecule has 3 aromatic rings. The number of halogens is 3. The molecule has 0 amide bonds. The highest BCUT2D eigenvalue weighted by molar-refractivity contribution is 7.89. The van der Waals surface area contributed by atoms with Gasteiger partial charge in [-0.05, 0) is 46.0 Å². The maximum atomic E-state index is 12.8. The van der Waals surface area contributed by atoms with Crippen molar-refractivity contribution in [2.75, 3.05) is 0 Å². The van der Waals surface area contributed by atoms with Gasteiger partial charge in [0.05, 0.1) is 6.04 Å². The van der Waals surface area contributed by atoms with E-state index in [1.165, 1.54) is 34.8 Å². The molecule has 0 unspecified atom stereocenters. The van der Waals surface area contributed by atoms with E-state index in [1.54, 1.807) is 34.3 Å². The van der Waals surface area contributed by atoms with Gasteiger partial charge >= 0.3 is 6.36 Å². The van der Waals surface area contributed by atoms with Crippen LogP contribution < -0.4 is 9.46 Å². The first-order valence-corrected chi connectivity index (χ1v) is 10.5. The third-order valence-electron chi connectivity index (χ3n) is 3.34. The van der Waals surface area contributed by atoms with Gasteiger partial charge in [0.2, 0.25) is 10.0 Å². The maximum absolute atomic E-state index is 12.8. The van der Waals surface area contributed by atoms with E-state index in [-0.39, 0.29) is 0 Å². The van der Waals surface area contributed by atoms with Crippen LogP contribution in [-0.4, -0.2) is 14.8 Å². The summed E-state index contributed by atoms with van der Waals surface area (Å²) in [6, 6.07) is 9.23. The number of ether oxygens (including phenoxy) is 1. The lowest BCUT2D eigenvalue weighted by atomic mass is 10.1. The van der Waals surface area contributed by atoms with Crippen LogP contribution in [-0.2, 0) is 10.0 Å². The number of nitrogens with one attached hydrogen (secondary N) is 1. The van der Waals surface area contributed by atoms with Gasteiger partial charge in [0.15, 0.2) is 0 Å². The Bertz CT molecular complexity index is 918. The van der Waals surface area contributed by atoms with Crippen LogP contribution in [0.25, 0.3) is 0 Å².